The summed E-state index contributed by atoms with van der Waals surface area (Å²) in [5.74, 6) is 0.557. The average molecular weight is 427 g/mol. The summed E-state index contributed by atoms with van der Waals surface area (Å²) in [4.78, 5) is 12.6. The van der Waals surface area contributed by atoms with Gasteiger partial charge in [-0.2, -0.15) is 4.31 Å². The van der Waals surface area contributed by atoms with E-state index in [1.54, 1.807) is 6.07 Å². The molecular formula is C21H34N2O5S. The van der Waals surface area contributed by atoms with E-state index in [0.717, 1.165) is 51.4 Å². The van der Waals surface area contributed by atoms with Gasteiger partial charge in [0.25, 0.3) is 0 Å². The maximum absolute atomic E-state index is 13.5. The van der Waals surface area contributed by atoms with Gasteiger partial charge in [-0.3, -0.25) is 4.79 Å². The molecule has 1 aromatic rings. The number of carbonyl (C=O) groups is 1. The molecule has 0 saturated heterocycles. The van der Waals surface area contributed by atoms with Gasteiger partial charge in [-0.1, -0.05) is 39.0 Å². The summed E-state index contributed by atoms with van der Waals surface area (Å²) in [6, 6.07) is 4.38. The summed E-state index contributed by atoms with van der Waals surface area (Å²) in [7, 11) is -0.879. The number of sulfonamides is 1. The highest BCUT2D eigenvalue weighted by Gasteiger charge is 2.34. The van der Waals surface area contributed by atoms with Gasteiger partial charge in [-0.25, -0.2) is 8.42 Å². The molecule has 8 heteroatoms. The van der Waals surface area contributed by atoms with Crippen LogP contribution in [-0.2, 0) is 14.8 Å². The molecule has 1 fully saturated rings. The van der Waals surface area contributed by atoms with Gasteiger partial charge in [0.15, 0.2) is 11.5 Å². The Morgan fingerprint density at radius 3 is 2.41 bits per heavy atom. The Balaban J connectivity index is 2.25. The van der Waals surface area contributed by atoms with Crippen molar-refractivity contribution < 1.29 is 22.7 Å². The van der Waals surface area contributed by atoms with Gasteiger partial charge in [0.2, 0.25) is 15.9 Å². The van der Waals surface area contributed by atoms with E-state index < -0.39 is 10.0 Å². The number of amides is 1. The SMILES string of the molecule is CCCCCNC(=O)CN(C1CCCCC1)S(=O)(=O)c1ccc(OC)c(OC)c1. The smallest absolute Gasteiger partial charge is 0.243 e. The number of nitrogens with one attached hydrogen (secondary N) is 1. The summed E-state index contributed by atoms with van der Waals surface area (Å²) in [6.07, 6.45) is 7.60. The van der Waals surface area contributed by atoms with Crippen molar-refractivity contribution in [2.75, 3.05) is 27.3 Å². The molecule has 0 spiro atoms. The zero-order valence-electron chi connectivity index (χ0n) is 17.8. The van der Waals surface area contributed by atoms with Crippen molar-refractivity contribution in [3.8, 4) is 11.5 Å². The van der Waals surface area contributed by atoms with E-state index in [1.807, 2.05) is 0 Å². The number of nitrogens with zero attached hydrogens (tertiary/aromatic N) is 1. The van der Waals surface area contributed by atoms with Crippen LogP contribution in [0.2, 0.25) is 0 Å². The van der Waals surface area contributed by atoms with Crippen LogP contribution >= 0.6 is 0 Å². The van der Waals surface area contributed by atoms with Crippen molar-refractivity contribution in [2.45, 2.75) is 69.2 Å². The molecule has 164 valence electrons. The van der Waals surface area contributed by atoms with E-state index in [9.17, 15) is 13.2 Å². The van der Waals surface area contributed by atoms with Gasteiger partial charge in [0.05, 0.1) is 25.7 Å². The molecular weight excluding hydrogens is 392 g/mol. The third-order valence-electron chi connectivity index (χ3n) is 5.35. The Morgan fingerprint density at radius 2 is 1.79 bits per heavy atom. The number of benzene rings is 1. The van der Waals surface area contributed by atoms with Crippen LogP contribution in [0, 0.1) is 0 Å². The first-order chi connectivity index (χ1) is 13.9. The van der Waals surface area contributed by atoms with Gasteiger partial charge in [-0.15, -0.1) is 0 Å². The molecule has 0 heterocycles. The van der Waals surface area contributed by atoms with Crippen LogP contribution in [0.1, 0.15) is 58.3 Å². The number of hydrogen-bond donors (Lipinski definition) is 1. The lowest BCUT2D eigenvalue weighted by molar-refractivity contribution is -0.121. The molecule has 1 N–H and O–H groups in total. The van der Waals surface area contributed by atoms with Crippen LogP contribution in [-0.4, -0.2) is 52.0 Å². The van der Waals surface area contributed by atoms with Crippen LogP contribution < -0.4 is 14.8 Å². The second kappa shape index (κ2) is 11.4. The molecule has 2 rings (SSSR count). The largest absolute Gasteiger partial charge is 0.493 e. The summed E-state index contributed by atoms with van der Waals surface area (Å²) in [6.45, 7) is 2.51. The minimum atomic E-state index is -3.85. The predicted octanol–water partition coefficient (Wildman–Crippen LogP) is 3.33. The molecule has 0 radical (unpaired) electrons. The fourth-order valence-electron chi connectivity index (χ4n) is 3.69. The Hall–Kier alpha value is -1.80. The molecule has 1 aliphatic carbocycles. The Morgan fingerprint density at radius 1 is 1.10 bits per heavy atom. The Labute approximate surface area is 174 Å². The molecule has 0 unspecified atom stereocenters. The highest BCUT2D eigenvalue weighted by atomic mass is 32.2. The zero-order valence-corrected chi connectivity index (χ0v) is 18.6. The molecule has 0 aromatic heterocycles. The number of methoxy groups -OCH3 is 2. The van der Waals surface area contributed by atoms with Gasteiger partial charge in [-0.05, 0) is 31.4 Å². The summed E-state index contributed by atoms with van der Waals surface area (Å²) >= 11 is 0. The van der Waals surface area contributed by atoms with E-state index in [4.69, 9.17) is 9.47 Å². The summed E-state index contributed by atoms with van der Waals surface area (Å²) in [5.41, 5.74) is 0. The first kappa shape index (κ1) is 23.5. The first-order valence-electron chi connectivity index (χ1n) is 10.4. The molecule has 0 atom stereocenters. The number of ether oxygens (including phenoxy) is 2. The molecule has 1 aliphatic rings. The van der Waals surface area contributed by atoms with Crippen LogP contribution in [0.5, 0.6) is 11.5 Å². The number of unbranched alkanes of at least 4 members (excludes halogenated alkanes) is 2. The second-order valence-electron chi connectivity index (χ2n) is 7.42. The van der Waals surface area contributed by atoms with Gasteiger partial charge < -0.3 is 14.8 Å². The van der Waals surface area contributed by atoms with Crippen molar-refractivity contribution in [1.29, 1.82) is 0 Å². The van der Waals surface area contributed by atoms with Gasteiger partial charge in [0.1, 0.15) is 0 Å². The van der Waals surface area contributed by atoms with Crippen LogP contribution in [0.15, 0.2) is 23.1 Å². The maximum atomic E-state index is 13.5. The van der Waals surface area contributed by atoms with E-state index in [2.05, 4.69) is 12.2 Å². The molecule has 0 bridgehead atoms. The Kier molecular flexibility index (Phi) is 9.23. The van der Waals surface area contributed by atoms with Crippen molar-refractivity contribution in [3.05, 3.63) is 18.2 Å². The zero-order chi connectivity index (χ0) is 21.3. The van der Waals surface area contributed by atoms with Crippen LogP contribution in [0.25, 0.3) is 0 Å². The van der Waals surface area contributed by atoms with Crippen molar-refractivity contribution >= 4 is 15.9 Å². The highest BCUT2D eigenvalue weighted by Crippen LogP contribution is 2.33. The number of hydrogen-bond acceptors (Lipinski definition) is 5. The van der Waals surface area contributed by atoms with E-state index in [1.165, 1.54) is 30.7 Å². The maximum Gasteiger partial charge on any atom is 0.243 e. The second-order valence-corrected chi connectivity index (χ2v) is 9.31. The summed E-state index contributed by atoms with van der Waals surface area (Å²) < 4.78 is 38.8. The molecule has 1 aromatic carbocycles. The van der Waals surface area contributed by atoms with E-state index in [0.29, 0.717) is 18.0 Å². The lowest BCUT2D eigenvalue weighted by Gasteiger charge is -2.33. The Bertz CT molecular complexity index is 760. The molecule has 7 nitrogen and oxygen atoms in total. The standard InChI is InChI=1S/C21H34N2O5S/c1-4-5-9-14-22-21(24)16-23(17-10-7-6-8-11-17)29(25,26)18-12-13-19(27-2)20(15-18)28-3/h12-13,15,17H,4-11,14,16H2,1-3H3,(H,22,24). The first-order valence-corrected chi connectivity index (χ1v) is 11.9. The molecule has 1 amide bonds. The lowest BCUT2D eigenvalue weighted by atomic mass is 9.95. The lowest BCUT2D eigenvalue weighted by Crippen LogP contribution is -2.47. The number of carbonyl (C=O) groups excluding carboxylic acids is 1. The van der Waals surface area contributed by atoms with Gasteiger partial charge >= 0.3 is 0 Å². The fourth-order valence-corrected chi connectivity index (χ4v) is 5.35. The molecule has 29 heavy (non-hydrogen) atoms. The molecule has 0 aliphatic heterocycles. The topological polar surface area (TPSA) is 84.9 Å². The number of rotatable bonds is 11. The monoisotopic (exact) mass is 426 g/mol. The van der Waals surface area contributed by atoms with E-state index in [-0.39, 0.29) is 23.4 Å². The van der Waals surface area contributed by atoms with Gasteiger partial charge in [0, 0.05) is 18.7 Å². The third-order valence-corrected chi connectivity index (χ3v) is 7.24. The quantitative estimate of drug-likeness (QED) is 0.549. The summed E-state index contributed by atoms with van der Waals surface area (Å²) in [5, 5.41) is 2.86. The third kappa shape index (κ3) is 6.34. The van der Waals surface area contributed by atoms with Crippen LogP contribution in [0.4, 0.5) is 0 Å². The predicted molar refractivity (Wildman–Crippen MR) is 113 cm³/mol. The normalized spacial score (nSPS) is 15.3. The minimum absolute atomic E-state index is 0.111. The fraction of sp³-hybridized carbons (Fsp3) is 0.667. The average Bonchev–Trinajstić information content (AvgIpc) is 2.75. The van der Waals surface area contributed by atoms with Crippen LogP contribution in [0.3, 0.4) is 0 Å². The van der Waals surface area contributed by atoms with Crippen molar-refractivity contribution in [2.24, 2.45) is 0 Å². The molecule has 1 saturated carbocycles. The van der Waals surface area contributed by atoms with E-state index >= 15 is 0 Å². The minimum Gasteiger partial charge on any atom is -0.493 e. The van der Waals surface area contributed by atoms with Crippen molar-refractivity contribution in [1.82, 2.24) is 9.62 Å². The van der Waals surface area contributed by atoms with Crippen molar-refractivity contribution in [3.63, 3.8) is 0 Å². The highest BCUT2D eigenvalue weighted by molar-refractivity contribution is 7.89.